The Balaban J connectivity index is 1.39. The summed E-state index contributed by atoms with van der Waals surface area (Å²) in [5.74, 6) is 0.160. The quantitative estimate of drug-likeness (QED) is 0.217. The van der Waals surface area contributed by atoms with E-state index >= 15 is 0 Å². The van der Waals surface area contributed by atoms with Crippen molar-refractivity contribution >= 4 is 50.2 Å². The molecule has 0 aliphatic carbocycles. The summed E-state index contributed by atoms with van der Waals surface area (Å²) in [6, 6.07) is 9.95. The van der Waals surface area contributed by atoms with E-state index < -0.39 is 6.04 Å². The Morgan fingerprint density at radius 1 is 1.11 bits per heavy atom. The second-order valence-electron chi connectivity index (χ2n) is 8.57. The van der Waals surface area contributed by atoms with Gasteiger partial charge in [0.15, 0.2) is 5.78 Å². The van der Waals surface area contributed by atoms with Gasteiger partial charge in [-0.25, -0.2) is 15.0 Å². The summed E-state index contributed by atoms with van der Waals surface area (Å²) in [6.45, 7) is 3.41. The van der Waals surface area contributed by atoms with Gasteiger partial charge in [0.2, 0.25) is 5.91 Å². The number of fused-ring (bicyclic) bond motifs is 1. The minimum absolute atomic E-state index is 0.128. The zero-order valence-electron chi connectivity index (χ0n) is 20.1. The van der Waals surface area contributed by atoms with Gasteiger partial charge in [-0.2, -0.15) is 5.10 Å². The molecule has 3 aromatic heterocycles. The monoisotopic (exact) mass is 559 g/mol. The average Bonchev–Trinajstić information content (AvgIpc) is 3.50. The molecule has 0 spiro atoms. The molecular formula is C26H22BrN7O3. The minimum Gasteiger partial charge on any atom is -0.322 e. The SMILES string of the molecule is CC(=O)c1nn(CC(=O)N2CC=CC2C(=O)Nc2cccc(Br)n2)c2ccc(-c3cnc(C)nc3)cc12. The Bertz CT molecular complexity index is 1560. The first-order valence-corrected chi connectivity index (χ1v) is 12.3. The lowest BCUT2D eigenvalue weighted by atomic mass is 10.0. The summed E-state index contributed by atoms with van der Waals surface area (Å²) in [5, 5.41) is 7.83. The number of Topliss-reactive ketones (excluding diaryl/α,β-unsaturated/α-hetero) is 1. The fraction of sp³-hybridized carbons (Fsp3) is 0.192. The fourth-order valence-electron chi connectivity index (χ4n) is 4.18. The van der Waals surface area contributed by atoms with Gasteiger partial charge >= 0.3 is 0 Å². The average molecular weight is 560 g/mol. The second-order valence-corrected chi connectivity index (χ2v) is 9.38. The minimum atomic E-state index is -0.782. The number of amides is 2. The maximum absolute atomic E-state index is 13.3. The van der Waals surface area contributed by atoms with Gasteiger partial charge in [0, 0.05) is 36.8 Å². The topological polar surface area (TPSA) is 123 Å². The Morgan fingerprint density at radius 3 is 2.62 bits per heavy atom. The molecular weight excluding hydrogens is 538 g/mol. The third-order valence-corrected chi connectivity index (χ3v) is 6.44. The summed E-state index contributed by atoms with van der Waals surface area (Å²) in [4.78, 5) is 52.7. The molecule has 1 aromatic carbocycles. The summed E-state index contributed by atoms with van der Waals surface area (Å²) in [6.07, 6.45) is 6.90. The van der Waals surface area contributed by atoms with Crippen molar-refractivity contribution in [2.75, 3.05) is 11.9 Å². The maximum Gasteiger partial charge on any atom is 0.252 e. The van der Waals surface area contributed by atoms with E-state index in [-0.39, 0.29) is 29.8 Å². The van der Waals surface area contributed by atoms with E-state index in [4.69, 9.17) is 0 Å². The number of nitrogens with one attached hydrogen (secondary N) is 1. The van der Waals surface area contributed by atoms with Gasteiger partial charge in [-0.15, -0.1) is 0 Å². The van der Waals surface area contributed by atoms with Gasteiger partial charge in [0.25, 0.3) is 5.91 Å². The van der Waals surface area contributed by atoms with Gasteiger partial charge < -0.3 is 10.2 Å². The van der Waals surface area contributed by atoms with Crippen LogP contribution in [0.5, 0.6) is 0 Å². The molecule has 2 amide bonds. The van der Waals surface area contributed by atoms with Gasteiger partial charge in [-0.1, -0.05) is 24.3 Å². The van der Waals surface area contributed by atoms with Crippen molar-refractivity contribution in [2.45, 2.75) is 26.4 Å². The Kier molecular flexibility index (Phi) is 6.62. The van der Waals surface area contributed by atoms with E-state index in [2.05, 4.69) is 41.3 Å². The van der Waals surface area contributed by atoms with Crippen molar-refractivity contribution in [3.05, 3.63) is 77.1 Å². The molecule has 186 valence electrons. The number of pyridine rings is 1. The zero-order valence-corrected chi connectivity index (χ0v) is 21.6. The molecule has 0 radical (unpaired) electrons. The highest BCUT2D eigenvalue weighted by molar-refractivity contribution is 9.10. The van der Waals surface area contributed by atoms with Crippen LogP contribution >= 0.6 is 15.9 Å². The number of nitrogens with zero attached hydrogens (tertiary/aromatic N) is 6. The highest BCUT2D eigenvalue weighted by atomic mass is 79.9. The van der Waals surface area contributed by atoms with Crippen molar-refractivity contribution < 1.29 is 14.4 Å². The summed E-state index contributed by atoms with van der Waals surface area (Å²) in [5.41, 5.74) is 2.55. The first-order valence-electron chi connectivity index (χ1n) is 11.5. The Morgan fingerprint density at radius 2 is 1.89 bits per heavy atom. The molecule has 0 saturated carbocycles. The molecule has 1 atom stereocenters. The van der Waals surface area contributed by atoms with Crippen LogP contribution in [0, 0.1) is 6.92 Å². The van der Waals surface area contributed by atoms with Crippen LogP contribution < -0.4 is 5.32 Å². The van der Waals surface area contributed by atoms with E-state index in [0.717, 1.165) is 11.1 Å². The van der Waals surface area contributed by atoms with Crippen LogP contribution in [-0.2, 0) is 16.1 Å². The molecule has 1 aliphatic heterocycles. The molecule has 11 heteroatoms. The number of anilines is 1. The van der Waals surface area contributed by atoms with Crippen LogP contribution in [0.4, 0.5) is 5.82 Å². The van der Waals surface area contributed by atoms with Gasteiger partial charge in [-0.3, -0.25) is 19.1 Å². The lowest BCUT2D eigenvalue weighted by Crippen LogP contribution is -2.45. The smallest absolute Gasteiger partial charge is 0.252 e. The molecule has 1 N–H and O–H groups in total. The summed E-state index contributed by atoms with van der Waals surface area (Å²) < 4.78 is 2.09. The number of aromatic nitrogens is 5. The van der Waals surface area contributed by atoms with Gasteiger partial charge in [0.1, 0.15) is 34.5 Å². The van der Waals surface area contributed by atoms with E-state index in [1.807, 2.05) is 25.1 Å². The molecule has 4 aromatic rings. The molecule has 0 bridgehead atoms. The van der Waals surface area contributed by atoms with Crippen molar-refractivity contribution in [3.63, 3.8) is 0 Å². The van der Waals surface area contributed by atoms with Crippen LogP contribution in [0.2, 0.25) is 0 Å². The lowest BCUT2D eigenvalue weighted by molar-refractivity contribution is -0.136. The maximum atomic E-state index is 13.3. The van der Waals surface area contributed by atoms with Crippen molar-refractivity contribution in [2.24, 2.45) is 0 Å². The number of hydrogen-bond acceptors (Lipinski definition) is 7. The zero-order chi connectivity index (χ0) is 26.1. The highest BCUT2D eigenvalue weighted by Gasteiger charge is 2.31. The molecule has 0 saturated heterocycles. The third-order valence-electron chi connectivity index (χ3n) is 5.99. The predicted molar refractivity (Wildman–Crippen MR) is 141 cm³/mol. The number of hydrogen-bond donors (Lipinski definition) is 1. The first-order chi connectivity index (χ1) is 17.8. The number of halogens is 1. The fourth-order valence-corrected chi connectivity index (χ4v) is 4.53. The molecule has 10 nitrogen and oxygen atoms in total. The van der Waals surface area contributed by atoms with Crippen LogP contribution in [-0.4, -0.2) is 59.8 Å². The number of carbonyl (C=O) groups excluding carboxylic acids is 3. The van der Waals surface area contributed by atoms with Crippen LogP contribution in [0.1, 0.15) is 23.2 Å². The third kappa shape index (κ3) is 5.03. The Labute approximate surface area is 220 Å². The van der Waals surface area contributed by atoms with E-state index in [1.54, 1.807) is 42.7 Å². The molecule has 0 fully saturated rings. The lowest BCUT2D eigenvalue weighted by Gasteiger charge is -2.24. The van der Waals surface area contributed by atoms with E-state index in [9.17, 15) is 14.4 Å². The standard InChI is InChI=1S/C26H22BrN7O3/c1-15(35)25-19-11-17(18-12-28-16(2)29-13-18)8-9-20(19)34(32-25)14-24(36)33-10-4-5-21(33)26(37)31-23-7-3-6-22(27)30-23/h3-9,11-13,21H,10,14H2,1-2H3,(H,30,31,37). The van der Waals surface area contributed by atoms with Crippen LogP contribution in [0.15, 0.2) is 65.5 Å². The molecule has 1 unspecified atom stereocenters. The normalized spacial score (nSPS) is 14.8. The summed E-state index contributed by atoms with van der Waals surface area (Å²) >= 11 is 3.28. The molecule has 4 heterocycles. The molecule has 5 rings (SSSR count). The van der Waals surface area contributed by atoms with E-state index in [1.165, 1.54) is 16.5 Å². The van der Waals surface area contributed by atoms with Crippen LogP contribution in [0.3, 0.4) is 0 Å². The van der Waals surface area contributed by atoms with Crippen molar-refractivity contribution in [3.8, 4) is 11.1 Å². The van der Waals surface area contributed by atoms with Crippen molar-refractivity contribution in [1.82, 2.24) is 29.6 Å². The number of aryl methyl sites for hydroxylation is 1. The number of ketones is 1. The summed E-state index contributed by atoms with van der Waals surface area (Å²) in [7, 11) is 0. The highest BCUT2D eigenvalue weighted by Crippen LogP contribution is 2.27. The van der Waals surface area contributed by atoms with Gasteiger partial charge in [-0.05, 0) is 52.7 Å². The molecule has 1 aliphatic rings. The number of benzene rings is 1. The predicted octanol–water partition coefficient (Wildman–Crippen LogP) is 3.57. The van der Waals surface area contributed by atoms with E-state index in [0.29, 0.717) is 33.7 Å². The van der Waals surface area contributed by atoms with Crippen molar-refractivity contribution in [1.29, 1.82) is 0 Å². The van der Waals surface area contributed by atoms with Gasteiger partial charge in [0.05, 0.1) is 5.52 Å². The largest absolute Gasteiger partial charge is 0.322 e. The van der Waals surface area contributed by atoms with Crippen LogP contribution in [0.25, 0.3) is 22.0 Å². The molecule has 37 heavy (non-hydrogen) atoms. The second kappa shape index (κ2) is 10.0. The Hall–Kier alpha value is -4.25. The first kappa shape index (κ1) is 24.4. The number of rotatable bonds is 6. The number of carbonyl (C=O) groups is 3.